The Labute approximate surface area is 295 Å². The Kier molecular flexibility index (Phi) is 9.07. The minimum absolute atomic E-state index is 0.00514. The van der Waals surface area contributed by atoms with Crippen molar-refractivity contribution in [3.05, 3.63) is 46.5 Å². The zero-order chi connectivity index (χ0) is 34.8. The van der Waals surface area contributed by atoms with Gasteiger partial charge in [0.2, 0.25) is 0 Å². The molecule has 0 N–H and O–H groups in total. The van der Waals surface area contributed by atoms with Crippen LogP contribution in [-0.4, -0.2) is 66.6 Å². The van der Waals surface area contributed by atoms with Gasteiger partial charge in [0.15, 0.2) is 12.0 Å². The van der Waals surface area contributed by atoms with Crippen LogP contribution in [-0.2, 0) is 9.47 Å². The summed E-state index contributed by atoms with van der Waals surface area (Å²) < 4.78 is 33.0. The van der Waals surface area contributed by atoms with E-state index in [-0.39, 0.29) is 29.9 Å². The van der Waals surface area contributed by atoms with Gasteiger partial charge in [0.05, 0.1) is 39.9 Å². The van der Waals surface area contributed by atoms with Crippen LogP contribution in [0.5, 0.6) is 0 Å². The first-order valence-electron chi connectivity index (χ1n) is 17.2. The van der Waals surface area contributed by atoms with Crippen molar-refractivity contribution in [2.24, 2.45) is 0 Å². The molecule has 3 aromatic heterocycles. The van der Waals surface area contributed by atoms with E-state index >= 15 is 4.39 Å². The number of thioether (sulfide) groups is 1. The maximum atomic E-state index is 17.2. The molecule has 9 nitrogen and oxygen atoms in total. The van der Waals surface area contributed by atoms with Crippen molar-refractivity contribution in [1.29, 1.82) is 0 Å². The monoisotopic (exact) mass is 706 g/mol. The predicted octanol–water partition coefficient (Wildman–Crippen LogP) is 9.78. The number of ether oxygens (including phenoxy) is 2. The van der Waals surface area contributed by atoms with Crippen molar-refractivity contribution in [3.8, 4) is 11.1 Å². The van der Waals surface area contributed by atoms with Crippen molar-refractivity contribution in [3.63, 3.8) is 0 Å². The number of amides is 1. The smallest absolute Gasteiger partial charge is 0.410 e. The van der Waals surface area contributed by atoms with Crippen LogP contribution in [0.2, 0.25) is 5.02 Å². The van der Waals surface area contributed by atoms with Crippen LogP contribution in [0.4, 0.5) is 9.18 Å². The van der Waals surface area contributed by atoms with E-state index in [0.717, 1.165) is 64.2 Å². The highest BCUT2D eigenvalue weighted by Gasteiger charge is 2.35. The van der Waals surface area contributed by atoms with Gasteiger partial charge in [-0.15, -0.1) is 11.8 Å². The Hall–Kier alpha value is -3.41. The molecular weight excluding hydrogens is 663 g/mol. The van der Waals surface area contributed by atoms with E-state index in [2.05, 4.69) is 13.0 Å². The highest BCUT2D eigenvalue weighted by Crippen LogP contribution is 2.45. The second-order valence-electron chi connectivity index (χ2n) is 14.4. The van der Waals surface area contributed by atoms with Gasteiger partial charge in [0.1, 0.15) is 16.1 Å². The molecule has 3 atom stereocenters. The fourth-order valence-electron chi connectivity index (χ4n) is 7.60. The molecule has 5 aromatic rings. The van der Waals surface area contributed by atoms with Gasteiger partial charge < -0.3 is 14.4 Å². The summed E-state index contributed by atoms with van der Waals surface area (Å²) in [5.41, 5.74) is 4.40. The van der Waals surface area contributed by atoms with Crippen LogP contribution in [0.3, 0.4) is 0 Å². The normalized spacial score (nSPS) is 20.5. The Balaban J connectivity index is 1.36. The van der Waals surface area contributed by atoms with Crippen molar-refractivity contribution < 1.29 is 18.7 Å². The van der Waals surface area contributed by atoms with E-state index in [1.54, 1.807) is 0 Å². The molecule has 12 heteroatoms. The number of aromatic nitrogens is 5. The average molecular weight is 707 g/mol. The average Bonchev–Trinajstić information content (AvgIpc) is 3.71. The SMILES string of the molecule is CC[C@@H]1C[C@@H](n2ncc3c(SC)nc4c(F)c(-c5c(C)c(C)cc6c5cnn6C5CCCCO5)c(Cl)cc4c32)CCN1C(=O)OC(C)(C)C. The molecule has 2 saturated heterocycles. The molecule has 0 bridgehead atoms. The number of pyridine rings is 1. The van der Waals surface area contributed by atoms with Gasteiger partial charge in [-0.05, 0) is 103 Å². The van der Waals surface area contributed by atoms with Crippen LogP contribution in [0, 0.1) is 19.7 Å². The first-order valence-corrected chi connectivity index (χ1v) is 18.8. The summed E-state index contributed by atoms with van der Waals surface area (Å²) >= 11 is 8.61. The maximum Gasteiger partial charge on any atom is 0.410 e. The summed E-state index contributed by atoms with van der Waals surface area (Å²) in [4.78, 5) is 19.8. The highest BCUT2D eigenvalue weighted by molar-refractivity contribution is 7.98. The minimum Gasteiger partial charge on any atom is -0.444 e. The van der Waals surface area contributed by atoms with E-state index in [9.17, 15) is 4.79 Å². The number of halogens is 2. The lowest BCUT2D eigenvalue weighted by Gasteiger charge is -2.39. The number of aryl methyl sites for hydroxylation is 1. The third kappa shape index (κ3) is 5.95. The van der Waals surface area contributed by atoms with E-state index < -0.39 is 11.4 Å². The summed E-state index contributed by atoms with van der Waals surface area (Å²) in [7, 11) is 0. The number of likely N-dealkylation sites (tertiary alicyclic amines) is 1. The van der Waals surface area contributed by atoms with Gasteiger partial charge in [0.25, 0.3) is 0 Å². The number of rotatable bonds is 5. The van der Waals surface area contributed by atoms with Gasteiger partial charge in [-0.1, -0.05) is 18.5 Å². The molecular formula is C37H44ClFN6O3S. The number of carbonyl (C=O) groups excluding carboxylic acids is 1. The largest absolute Gasteiger partial charge is 0.444 e. The second kappa shape index (κ2) is 13.0. The summed E-state index contributed by atoms with van der Waals surface area (Å²) in [6, 6.07) is 3.94. The molecule has 2 fully saturated rings. The molecule has 2 aliphatic rings. The van der Waals surface area contributed by atoms with Crippen molar-refractivity contribution in [1.82, 2.24) is 29.4 Å². The maximum absolute atomic E-state index is 17.2. The van der Waals surface area contributed by atoms with Gasteiger partial charge >= 0.3 is 6.09 Å². The van der Waals surface area contributed by atoms with Crippen LogP contribution in [0.25, 0.3) is 43.8 Å². The molecule has 2 aromatic carbocycles. The van der Waals surface area contributed by atoms with Gasteiger partial charge in [-0.3, -0.25) is 4.68 Å². The fourth-order valence-corrected chi connectivity index (χ4v) is 8.44. The predicted molar refractivity (Wildman–Crippen MR) is 194 cm³/mol. The van der Waals surface area contributed by atoms with Gasteiger partial charge in [-0.2, -0.15) is 10.2 Å². The Morgan fingerprint density at radius 3 is 2.53 bits per heavy atom. The zero-order valence-electron chi connectivity index (χ0n) is 29.3. The number of benzene rings is 2. The van der Waals surface area contributed by atoms with Crippen LogP contribution < -0.4 is 0 Å². The lowest BCUT2D eigenvalue weighted by Crippen LogP contribution is -2.48. The lowest BCUT2D eigenvalue weighted by atomic mass is 9.92. The van der Waals surface area contributed by atoms with E-state index in [1.807, 2.05) is 73.6 Å². The molecule has 5 heterocycles. The van der Waals surface area contributed by atoms with Crippen molar-refractivity contribution >= 4 is 62.2 Å². The minimum atomic E-state index is -0.570. The second-order valence-corrected chi connectivity index (χ2v) is 15.6. The number of piperidine rings is 1. The summed E-state index contributed by atoms with van der Waals surface area (Å²) in [6.07, 6.45) is 10.3. The Morgan fingerprint density at radius 2 is 1.84 bits per heavy atom. The fraction of sp³-hybridized carbons (Fsp3) is 0.514. The highest BCUT2D eigenvalue weighted by atomic mass is 35.5. The first-order chi connectivity index (χ1) is 23.4. The number of carbonyl (C=O) groups is 1. The zero-order valence-corrected chi connectivity index (χ0v) is 30.8. The van der Waals surface area contributed by atoms with Crippen LogP contribution in [0.1, 0.15) is 89.6 Å². The summed E-state index contributed by atoms with van der Waals surface area (Å²) in [5, 5.41) is 12.9. The number of hydrogen-bond donors (Lipinski definition) is 0. The van der Waals surface area contributed by atoms with E-state index in [0.29, 0.717) is 47.0 Å². The van der Waals surface area contributed by atoms with Crippen molar-refractivity contribution in [2.45, 2.75) is 109 Å². The molecule has 7 rings (SSSR count). The molecule has 0 radical (unpaired) electrons. The lowest BCUT2D eigenvalue weighted by molar-refractivity contribution is -0.0366. The van der Waals surface area contributed by atoms with Crippen LogP contribution in [0.15, 0.2) is 29.6 Å². The molecule has 1 unspecified atom stereocenters. The molecule has 0 aliphatic carbocycles. The summed E-state index contributed by atoms with van der Waals surface area (Å²) in [5.74, 6) is -0.463. The Bertz CT molecular complexity index is 2080. The number of fused-ring (bicyclic) bond motifs is 4. The number of nitrogens with zero attached hydrogens (tertiary/aromatic N) is 6. The quantitative estimate of drug-likeness (QED) is 0.168. The van der Waals surface area contributed by atoms with E-state index in [4.69, 9.17) is 36.3 Å². The molecule has 0 spiro atoms. The Morgan fingerprint density at radius 1 is 1.08 bits per heavy atom. The third-order valence-electron chi connectivity index (χ3n) is 10.1. The topological polar surface area (TPSA) is 87.3 Å². The third-order valence-corrected chi connectivity index (χ3v) is 11.1. The number of hydrogen-bond acceptors (Lipinski definition) is 7. The van der Waals surface area contributed by atoms with Gasteiger partial charge in [-0.25, -0.2) is 18.9 Å². The molecule has 49 heavy (non-hydrogen) atoms. The molecule has 1 amide bonds. The first kappa shape index (κ1) is 34.1. The molecule has 260 valence electrons. The molecule has 2 aliphatic heterocycles. The van der Waals surface area contributed by atoms with E-state index in [1.165, 1.54) is 11.8 Å². The standard InChI is InChI=1S/C37H44ClFN6O3S/c1-8-22-16-23(12-13-43(22)36(46)48-37(4,5)6)44-34-24-17-27(38)31(32(39)33(24)42-35(49-7)26(34)19-40-44)30-21(3)20(2)15-28-25(30)18-41-45(28)29-11-9-10-14-47-29/h15,17-19,22-23,29H,8-14,16H2,1-7H3/t22-,23+,29?/m1/s1. The summed E-state index contributed by atoms with van der Waals surface area (Å²) in [6.45, 7) is 13.0. The van der Waals surface area contributed by atoms with Gasteiger partial charge in [0, 0.05) is 41.1 Å². The van der Waals surface area contributed by atoms with Crippen LogP contribution >= 0.6 is 23.4 Å². The molecule has 0 saturated carbocycles. The van der Waals surface area contributed by atoms with Crippen molar-refractivity contribution in [2.75, 3.05) is 19.4 Å².